The quantitative estimate of drug-likeness (QED) is 0.0453. The number of hydrogen-bond donors (Lipinski definition) is 3. The molecule has 3 N–H and O–H groups in total. The predicted octanol–water partition coefficient (Wildman–Crippen LogP) is 13.1. The first-order valence-electron chi connectivity index (χ1n) is 21.4. The Morgan fingerprint density at radius 2 is 0.787 bits per heavy atom. The number of amides is 1. The smallest absolute Gasteiger partial charge is 0.220 e. The van der Waals surface area contributed by atoms with Crippen molar-refractivity contribution in [2.75, 3.05) is 6.61 Å². The topological polar surface area (TPSA) is 69.6 Å². The maximum absolute atomic E-state index is 12.3. The summed E-state index contributed by atoms with van der Waals surface area (Å²) in [5.74, 6) is -0.0640. The molecule has 0 heterocycles. The van der Waals surface area contributed by atoms with Crippen LogP contribution in [0.3, 0.4) is 0 Å². The summed E-state index contributed by atoms with van der Waals surface area (Å²) in [6.45, 7) is 4.31. The van der Waals surface area contributed by atoms with Crippen molar-refractivity contribution in [3.8, 4) is 0 Å². The second kappa shape index (κ2) is 39.6. The van der Waals surface area contributed by atoms with Crippen molar-refractivity contribution in [3.63, 3.8) is 0 Å². The van der Waals surface area contributed by atoms with Gasteiger partial charge in [0.1, 0.15) is 0 Å². The van der Waals surface area contributed by atoms with Gasteiger partial charge in [0, 0.05) is 6.42 Å². The first kappa shape index (κ1) is 46.1. The molecule has 0 bridgehead atoms. The van der Waals surface area contributed by atoms with Crippen molar-refractivity contribution in [2.24, 2.45) is 0 Å². The molecule has 4 nitrogen and oxygen atoms in total. The molecule has 1 amide bonds. The molecule has 4 heteroatoms. The highest BCUT2D eigenvalue weighted by Gasteiger charge is 2.17. The lowest BCUT2D eigenvalue weighted by Gasteiger charge is -2.20. The molecule has 2 atom stereocenters. The fourth-order valence-electron chi connectivity index (χ4n) is 6.71. The van der Waals surface area contributed by atoms with E-state index >= 15 is 0 Å². The van der Waals surface area contributed by atoms with Gasteiger partial charge in [-0.25, -0.2) is 0 Å². The van der Waals surface area contributed by atoms with Crippen LogP contribution in [0.15, 0.2) is 12.2 Å². The van der Waals surface area contributed by atoms with Gasteiger partial charge < -0.3 is 15.5 Å². The zero-order valence-electron chi connectivity index (χ0n) is 32.1. The van der Waals surface area contributed by atoms with Gasteiger partial charge in [0.25, 0.3) is 0 Å². The molecule has 0 aromatic heterocycles. The number of carbonyl (C=O) groups excluding carboxylic acids is 1. The summed E-state index contributed by atoms with van der Waals surface area (Å²) in [5, 5.41) is 22.9. The van der Waals surface area contributed by atoms with Crippen molar-refractivity contribution < 1.29 is 15.0 Å². The van der Waals surface area contributed by atoms with Crippen LogP contribution in [0.25, 0.3) is 0 Å². The Kier molecular flexibility index (Phi) is 38.8. The Labute approximate surface area is 295 Å². The van der Waals surface area contributed by atoms with Gasteiger partial charge in [0.05, 0.1) is 18.8 Å². The Morgan fingerprint density at radius 3 is 1.11 bits per heavy atom. The first-order chi connectivity index (χ1) is 23.2. The van der Waals surface area contributed by atoms with E-state index < -0.39 is 12.1 Å². The van der Waals surface area contributed by atoms with Gasteiger partial charge in [-0.1, -0.05) is 225 Å². The lowest BCUT2D eigenvalue weighted by Crippen LogP contribution is -2.45. The highest BCUT2D eigenvalue weighted by Crippen LogP contribution is 2.16. The molecule has 0 aliphatic rings. The van der Waals surface area contributed by atoms with Crippen LogP contribution < -0.4 is 5.32 Å². The molecule has 2 unspecified atom stereocenters. The Hall–Kier alpha value is -0.870. The molecule has 0 aliphatic carbocycles. The molecule has 0 rings (SSSR count). The van der Waals surface area contributed by atoms with Gasteiger partial charge in [-0.15, -0.1) is 0 Å². The number of nitrogens with one attached hydrogen (secondary N) is 1. The molecule has 0 saturated heterocycles. The van der Waals surface area contributed by atoms with E-state index in [1.165, 1.54) is 193 Å². The molecular weight excluding hydrogens is 578 g/mol. The maximum atomic E-state index is 12.3. The van der Waals surface area contributed by atoms with E-state index in [4.69, 9.17) is 0 Å². The van der Waals surface area contributed by atoms with Crippen LogP contribution in [0.5, 0.6) is 0 Å². The van der Waals surface area contributed by atoms with E-state index in [2.05, 4.69) is 19.2 Å². The van der Waals surface area contributed by atoms with Gasteiger partial charge in [-0.2, -0.15) is 0 Å². The lowest BCUT2D eigenvalue weighted by molar-refractivity contribution is -0.123. The highest BCUT2D eigenvalue weighted by molar-refractivity contribution is 5.76. The van der Waals surface area contributed by atoms with Crippen molar-refractivity contribution in [1.82, 2.24) is 5.32 Å². The average molecular weight is 664 g/mol. The lowest BCUT2D eigenvalue weighted by atomic mass is 10.0. The van der Waals surface area contributed by atoms with Crippen molar-refractivity contribution in [1.29, 1.82) is 0 Å². The van der Waals surface area contributed by atoms with E-state index in [0.717, 1.165) is 25.7 Å². The van der Waals surface area contributed by atoms with E-state index in [1.54, 1.807) is 6.08 Å². The Balaban J connectivity index is 3.47. The number of hydrogen-bond acceptors (Lipinski definition) is 3. The molecule has 47 heavy (non-hydrogen) atoms. The minimum atomic E-state index is -0.832. The van der Waals surface area contributed by atoms with Gasteiger partial charge in [-0.05, 0) is 19.3 Å². The molecule has 0 spiro atoms. The fraction of sp³-hybridized carbons (Fsp3) is 0.930. The van der Waals surface area contributed by atoms with Gasteiger partial charge in [0.2, 0.25) is 5.91 Å². The standard InChI is InChI=1S/C43H85NO3/c1-3-5-7-9-11-13-15-16-17-18-19-20-21-22-23-24-25-26-27-28-29-30-32-34-36-38-42(46)41(40-45)44-43(47)39-37-35-33-31-14-12-10-8-6-4-2/h36,38,41-42,45-46H,3-35,37,39-40H2,1-2H3,(H,44,47)/b38-36+. The number of rotatable bonds is 39. The molecule has 0 fully saturated rings. The SMILES string of the molecule is CCCCCCCCCCCCCCCCCCCCCCCCC/C=C/C(O)C(CO)NC(=O)CCCCCCCCCCCC. The van der Waals surface area contributed by atoms with E-state index in [1.807, 2.05) is 6.08 Å². The van der Waals surface area contributed by atoms with Crippen LogP contribution >= 0.6 is 0 Å². The summed E-state index contributed by atoms with van der Waals surface area (Å²) in [5.41, 5.74) is 0. The molecule has 0 aromatic rings. The third-order valence-electron chi connectivity index (χ3n) is 10.0. The van der Waals surface area contributed by atoms with Crippen LogP contribution in [0.1, 0.15) is 239 Å². The van der Waals surface area contributed by atoms with Crippen LogP contribution in [-0.4, -0.2) is 34.9 Å². The van der Waals surface area contributed by atoms with Crippen LogP contribution in [0.2, 0.25) is 0 Å². The van der Waals surface area contributed by atoms with Crippen LogP contribution in [0, 0.1) is 0 Å². The summed E-state index contributed by atoms with van der Waals surface area (Å²) in [7, 11) is 0. The van der Waals surface area contributed by atoms with Crippen LogP contribution in [-0.2, 0) is 4.79 Å². The van der Waals surface area contributed by atoms with Crippen molar-refractivity contribution in [3.05, 3.63) is 12.2 Å². The molecule has 0 radical (unpaired) electrons. The number of unbranched alkanes of at least 4 members (excludes halogenated alkanes) is 32. The average Bonchev–Trinajstić information content (AvgIpc) is 3.07. The van der Waals surface area contributed by atoms with Gasteiger partial charge in [-0.3, -0.25) is 4.79 Å². The molecular formula is C43H85NO3. The van der Waals surface area contributed by atoms with Crippen LogP contribution in [0.4, 0.5) is 0 Å². The first-order valence-corrected chi connectivity index (χ1v) is 21.4. The Morgan fingerprint density at radius 1 is 0.489 bits per heavy atom. The molecule has 0 saturated carbocycles. The molecule has 0 aliphatic heterocycles. The summed E-state index contributed by atoms with van der Waals surface area (Å²) >= 11 is 0. The fourth-order valence-corrected chi connectivity index (χ4v) is 6.71. The zero-order chi connectivity index (χ0) is 34.3. The number of carbonyl (C=O) groups is 1. The molecule has 280 valence electrons. The van der Waals surface area contributed by atoms with E-state index in [-0.39, 0.29) is 12.5 Å². The van der Waals surface area contributed by atoms with Gasteiger partial charge >= 0.3 is 0 Å². The number of aliphatic hydroxyl groups is 2. The number of aliphatic hydroxyl groups excluding tert-OH is 2. The summed E-state index contributed by atoms with van der Waals surface area (Å²) < 4.78 is 0. The Bertz CT molecular complexity index is 637. The third-order valence-corrected chi connectivity index (χ3v) is 10.0. The second-order valence-electron chi connectivity index (χ2n) is 14.8. The summed E-state index contributed by atoms with van der Waals surface area (Å²) in [6.07, 6.45) is 49.0. The molecule has 0 aromatic carbocycles. The van der Waals surface area contributed by atoms with Gasteiger partial charge in [0.15, 0.2) is 0 Å². The monoisotopic (exact) mass is 664 g/mol. The minimum absolute atomic E-state index is 0.0640. The largest absolute Gasteiger partial charge is 0.394 e. The van der Waals surface area contributed by atoms with E-state index in [9.17, 15) is 15.0 Å². The third kappa shape index (κ3) is 36.2. The minimum Gasteiger partial charge on any atom is -0.394 e. The second-order valence-corrected chi connectivity index (χ2v) is 14.8. The summed E-state index contributed by atoms with van der Waals surface area (Å²) in [6, 6.07) is -0.615. The maximum Gasteiger partial charge on any atom is 0.220 e. The van der Waals surface area contributed by atoms with E-state index in [0.29, 0.717) is 6.42 Å². The van der Waals surface area contributed by atoms with Crippen molar-refractivity contribution >= 4 is 5.91 Å². The summed E-state index contributed by atoms with van der Waals surface area (Å²) in [4.78, 5) is 12.3. The predicted molar refractivity (Wildman–Crippen MR) is 207 cm³/mol. The highest BCUT2D eigenvalue weighted by atomic mass is 16.3. The van der Waals surface area contributed by atoms with Crippen molar-refractivity contribution in [2.45, 2.75) is 251 Å². The number of allylic oxidation sites excluding steroid dienone is 1. The normalized spacial score (nSPS) is 13.0. The zero-order valence-corrected chi connectivity index (χ0v) is 32.1.